The third-order valence-corrected chi connectivity index (χ3v) is 5.01. The summed E-state index contributed by atoms with van der Waals surface area (Å²) >= 11 is 0. The second-order valence-electron chi connectivity index (χ2n) is 7.05. The Morgan fingerprint density at radius 2 is 1.96 bits per heavy atom. The van der Waals surface area contributed by atoms with Crippen molar-refractivity contribution in [1.82, 2.24) is 15.1 Å². The Morgan fingerprint density at radius 1 is 1.26 bits per heavy atom. The van der Waals surface area contributed by atoms with Crippen LogP contribution in [0.1, 0.15) is 41.4 Å². The van der Waals surface area contributed by atoms with Crippen molar-refractivity contribution >= 4 is 11.7 Å². The molecule has 1 aliphatic carbocycles. The highest BCUT2D eigenvalue weighted by Gasteiger charge is 2.49. The number of benzene rings is 1. The van der Waals surface area contributed by atoms with Gasteiger partial charge < -0.3 is 10.6 Å². The molecule has 9 heteroatoms. The van der Waals surface area contributed by atoms with Gasteiger partial charge in [-0.3, -0.25) is 4.79 Å². The second kappa shape index (κ2) is 6.54. The minimum absolute atomic E-state index is 0.0784. The van der Waals surface area contributed by atoms with E-state index in [0.29, 0.717) is 5.56 Å². The Morgan fingerprint density at radius 3 is 2.59 bits per heavy atom. The Labute approximate surface area is 152 Å². The quantitative estimate of drug-likeness (QED) is 0.794. The van der Waals surface area contributed by atoms with Crippen LogP contribution in [-0.4, -0.2) is 27.9 Å². The summed E-state index contributed by atoms with van der Waals surface area (Å²) in [6.07, 6.45) is -2.68. The number of halogens is 4. The number of carbonyl (C=O) groups is 1. The largest absolute Gasteiger partial charge is 0.410 e. The molecule has 0 radical (unpaired) electrons. The first-order chi connectivity index (χ1) is 12.8. The molecule has 2 N–H and O–H groups in total. The Kier molecular flexibility index (Phi) is 4.32. The van der Waals surface area contributed by atoms with Crippen molar-refractivity contribution in [1.29, 1.82) is 0 Å². The SMILES string of the molecule is O=C(NCc1ccc(F)cc1)c1cc2n(n1)[C@H](C(F)(F)F)C[C@@H](C1CC1)N2. The number of alkyl halides is 3. The molecule has 0 bridgehead atoms. The van der Waals surface area contributed by atoms with Crippen LogP contribution in [0.3, 0.4) is 0 Å². The molecule has 1 amide bonds. The lowest BCUT2D eigenvalue weighted by molar-refractivity contribution is -0.174. The Hall–Kier alpha value is -2.58. The van der Waals surface area contributed by atoms with Gasteiger partial charge >= 0.3 is 6.18 Å². The fraction of sp³-hybridized carbons (Fsp3) is 0.444. The van der Waals surface area contributed by atoms with Gasteiger partial charge in [-0.1, -0.05) is 12.1 Å². The fourth-order valence-corrected chi connectivity index (χ4v) is 3.40. The van der Waals surface area contributed by atoms with Crippen molar-refractivity contribution in [3.63, 3.8) is 0 Å². The van der Waals surface area contributed by atoms with Crippen molar-refractivity contribution in [3.05, 3.63) is 47.4 Å². The highest BCUT2D eigenvalue weighted by Crippen LogP contribution is 2.45. The molecule has 1 saturated carbocycles. The summed E-state index contributed by atoms with van der Waals surface area (Å²) in [5.41, 5.74) is 0.596. The summed E-state index contributed by atoms with van der Waals surface area (Å²) in [6.45, 7) is 0.127. The molecule has 1 fully saturated rings. The molecule has 5 nitrogen and oxygen atoms in total. The van der Waals surface area contributed by atoms with Gasteiger partial charge in [-0.05, 0) is 42.9 Å². The van der Waals surface area contributed by atoms with Gasteiger partial charge in [0, 0.05) is 18.7 Å². The van der Waals surface area contributed by atoms with E-state index in [9.17, 15) is 22.4 Å². The first-order valence-corrected chi connectivity index (χ1v) is 8.76. The molecule has 4 rings (SSSR count). The van der Waals surface area contributed by atoms with E-state index < -0.39 is 18.1 Å². The molecule has 0 unspecified atom stereocenters. The normalized spacial score (nSPS) is 22.1. The zero-order chi connectivity index (χ0) is 19.2. The number of nitrogens with zero attached hydrogens (tertiary/aromatic N) is 2. The molecule has 0 saturated heterocycles. The molecule has 1 aromatic carbocycles. The minimum atomic E-state index is -4.43. The standard InChI is InChI=1S/C18H18F4N4O/c19-12-5-1-10(2-6-12)9-23-17(27)14-8-16-24-13(11-3-4-11)7-15(18(20,21)22)26(16)25-14/h1-2,5-6,8,11,13,15,24H,3-4,7,9H2,(H,23,27)/t13-,15-/m0/s1. The van der Waals surface area contributed by atoms with Gasteiger partial charge in [0.1, 0.15) is 11.6 Å². The van der Waals surface area contributed by atoms with E-state index >= 15 is 0 Å². The van der Waals surface area contributed by atoms with Crippen LogP contribution >= 0.6 is 0 Å². The van der Waals surface area contributed by atoms with Crippen LogP contribution in [0.4, 0.5) is 23.4 Å². The molecule has 2 aromatic rings. The summed E-state index contributed by atoms with van der Waals surface area (Å²) in [7, 11) is 0. The lowest BCUT2D eigenvalue weighted by Gasteiger charge is -2.33. The van der Waals surface area contributed by atoms with E-state index in [1.165, 1.54) is 30.3 Å². The highest BCUT2D eigenvalue weighted by molar-refractivity contribution is 5.93. The average molecular weight is 382 g/mol. The number of fused-ring (bicyclic) bond motifs is 1. The number of hydrogen-bond acceptors (Lipinski definition) is 3. The third kappa shape index (κ3) is 3.77. The van der Waals surface area contributed by atoms with Gasteiger partial charge in [-0.25, -0.2) is 9.07 Å². The van der Waals surface area contributed by atoms with E-state index in [0.717, 1.165) is 17.5 Å². The highest BCUT2D eigenvalue weighted by atomic mass is 19.4. The van der Waals surface area contributed by atoms with E-state index in [2.05, 4.69) is 15.7 Å². The number of amides is 1. The smallest absolute Gasteiger partial charge is 0.367 e. The number of aromatic nitrogens is 2. The average Bonchev–Trinajstić information content (AvgIpc) is 3.38. The van der Waals surface area contributed by atoms with Crippen LogP contribution in [0.25, 0.3) is 0 Å². The number of nitrogens with one attached hydrogen (secondary N) is 2. The lowest BCUT2D eigenvalue weighted by atomic mass is 10.0. The summed E-state index contributed by atoms with van der Waals surface area (Å²) < 4.78 is 54.2. The molecule has 27 heavy (non-hydrogen) atoms. The van der Waals surface area contributed by atoms with Crippen molar-refractivity contribution in [2.75, 3.05) is 5.32 Å². The number of hydrogen-bond donors (Lipinski definition) is 2. The molecule has 2 aliphatic rings. The molecule has 144 valence electrons. The van der Waals surface area contributed by atoms with Crippen LogP contribution in [0.2, 0.25) is 0 Å². The summed E-state index contributed by atoms with van der Waals surface area (Å²) in [4.78, 5) is 12.3. The number of rotatable bonds is 4. The maximum Gasteiger partial charge on any atom is 0.410 e. The molecule has 2 heterocycles. The third-order valence-electron chi connectivity index (χ3n) is 5.01. The monoisotopic (exact) mass is 382 g/mol. The van der Waals surface area contributed by atoms with Crippen LogP contribution < -0.4 is 10.6 Å². The van der Waals surface area contributed by atoms with Crippen molar-refractivity contribution in [2.45, 2.75) is 44.1 Å². The van der Waals surface area contributed by atoms with E-state index in [-0.39, 0.29) is 42.3 Å². The van der Waals surface area contributed by atoms with Crippen LogP contribution in [0.5, 0.6) is 0 Å². The van der Waals surface area contributed by atoms with Gasteiger partial charge in [0.15, 0.2) is 11.7 Å². The van der Waals surface area contributed by atoms with Crippen molar-refractivity contribution in [2.24, 2.45) is 5.92 Å². The maximum atomic E-state index is 13.5. The molecule has 2 atom stereocenters. The van der Waals surface area contributed by atoms with Crippen LogP contribution in [0, 0.1) is 11.7 Å². The molecule has 1 aromatic heterocycles. The van der Waals surface area contributed by atoms with Crippen LogP contribution in [-0.2, 0) is 6.54 Å². The summed E-state index contributed by atoms with van der Waals surface area (Å²) in [5, 5.41) is 9.59. The predicted molar refractivity (Wildman–Crippen MR) is 89.6 cm³/mol. The van der Waals surface area contributed by atoms with Crippen LogP contribution in [0.15, 0.2) is 30.3 Å². The first-order valence-electron chi connectivity index (χ1n) is 8.76. The van der Waals surface area contributed by atoms with Gasteiger partial charge in [0.25, 0.3) is 5.91 Å². The molecular formula is C18H18F4N4O. The van der Waals surface area contributed by atoms with Gasteiger partial charge in [0.05, 0.1) is 0 Å². The summed E-state index contributed by atoms with van der Waals surface area (Å²) in [6, 6.07) is 4.95. The van der Waals surface area contributed by atoms with Gasteiger partial charge in [-0.2, -0.15) is 18.3 Å². The van der Waals surface area contributed by atoms with E-state index in [1.807, 2.05) is 0 Å². The first kappa shape index (κ1) is 17.8. The second-order valence-corrected chi connectivity index (χ2v) is 7.05. The number of anilines is 1. The van der Waals surface area contributed by atoms with E-state index in [1.54, 1.807) is 0 Å². The van der Waals surface area contributed by atoms with Gasteiger partial charge in [0.2, 0.25) is 0 Å². The molecular weight excluding hydrogens is 364 g/mol. The van der Waals surface area contributed by atoms with Crippen molar-refractivity contribution in [3.8, 4) is 0 Å². The van der Waals surface area contributed by atoms with Gasteiger partial charge in [-0.15, -0.1) is 0 Å². The van der Waals surface area contributed by atoms with E-state index in [4.69, 9.17) is 0 Å². The zero-order valence-corrected chi connectivity index (χ0v) is 14.3. The topological polar surface area (TPSA) is 59.0 Å². The Bertz CT molecular complexity index is 842. The van der Waals surface area contributed by atoms with Crippen molar-refractivity contribution < 1.29 is 22.4 Å². The molecule has 1 aliphatic heterocycles. The Balaban J connectivity index is 1.51. The zero-order valence-electron chi connectivity index (χ0n) is 14.3. The number of carbonyl (C=O) groups excluding carboxylic acids is 1. The minimum Gasteiger partial charge on any atom is -0.367 e. The molecule has 0 spiro atoms. The fourth-order valence-electron chi connectivity index (χ4n) is 3.40. The summed E-state index contributed by atoms with van der Waals surface area (Å²) in [5.74, 6) is -0.505. The predicted octanol–water partition coefficient (Wildman–Crippen LogP) is 3.65. The lowest BCUT2D eigenvalue weighted by Crippen LogP contribution is -2.40. The maximum absolute atomic E-state index is 13.5.